The molecule has 472 valence electrons. The number of ether oxygens (including phenoxy) is 4. The first-order valence-electron chi connectivity index (χ1n) is 32.4. The maximum absolute atomic E-state index is 13.9. The number of furan rings is 1. The number of aliphatic hydroxyl groups excluding tert-OH is 5. The van der Waals surface area contributed by atoms with Crippen LogP contribution in [0.1, 0.15) is 140 Å². The number of fused-ring (bicyclic) bond motifs is 12. The van der Waals surface area contributed by atoms with Crippen molar-refractivity contribution in [1.82, 2.24) is 10.6 Å². The van der Waals surface area contributed by atoms with Gasteiger partial charge >= 0.3 is 5.97 Å². The number of carbonyl (C=O) groups is 1. The third kappa shape index (κ3) is 11.2. The monoisotopic (exact) mass is 1230 g/mol. The smallest absolute Gasteiger partial charge is 0.306 e. The minimum Gasteiger partial charge on any atom is -0.485 e. The molecule has 5 bridgehead atoms. The summed E-state index contributed by atoms with van der Waals surface area (Å²) in [4.78, 5) is 13.2. The highest BCUT2D eigenvalue weighted by Gasteiger charge is 2.78. The minimum absolute atomic E-state index is 0.0197. The predicted octanol–water partition coefficient (Wildman–Crippen LogP) is 8.45. The molecule has 1 aromatic heterocycles. The first-order chi connectivity index (χ1) is 41.5. The van der Waals surface area contributed by atoms with Crippen LogP contribution in [-0.2, 0) is 33.7 Å². The van der Waals surface area contributed by atoms with Gasteiger partial charge in [0.25, 0.3) is 0 Å². The molecule has 8 aliphatic rings. The number of hydrogen-bond acceptors (Lipinski definition) is 18. The Hall–Kier alpha value is -3.47. The van der Waals surface area contributed by atoms with Crippen molar-refractivity contribution in [2.24, 2.45) is 46.8 Å². The molecule has 3 aromatic carbocycles. The van der Waals surface area contributed by atoms with Crippen LogP contribution in [0.2, 0.25) is 0 Å². The molecule has 18 heteroatoms. The van der Waals surface area contributed by atoms with Crippen molar-refractivity contribution in [3.63, 3.8) is 0 Å². The van der Waals surface area contributed by atoms with Crippen molar-refractivity contribution in [2.45, 2.75) is 200 Å². The Bertz CT molecular complexity index is 3070. The fraction of sp³-hybridized carbons (Fsp3) is 0.691. The molecule has 18 atom stereocenters. The van der Waals surface area contributed by atoms with Crippen LogP contribution in [0.3, 0.4) is 0 Å². The van der Waals surface area contributed by atoms with Gasteiger partial charge in [0, 0.05) is 53.3 Å². The van der Waals surface area contributed by atoms with Crippen LogP contribution in [0.15, 0.2) is 71.4 Å². The first-order valence-corrected chi connectivity index (χ1v) is 34.7. The molecule has 18 unspecified atom stereocenters. The van der Waals surface area contributed by atoms with Crippen LogP contribution >= 0.6 is 21.6 Å². The van der Waals surface area contributed by atoms with E-state index in [1.165, 1.54) is 0 Å². The quantitative estimate of drug-likeness (QED) is 0.0342. The molecule has 2 saturated heterocycles. The van der Waals surface area contributed by atoms with E-state index in [1.807, 2.05) is 30.0 Å². The van der Waals surface area contributed by atoms with Crippen molar-refractivity contribution >= 4 is 49.3 Å². The molecule has 0 amide bonds. The van der Waals surface area contributed by atoms with Crippen molar-refractivity contribution in [2.75, 3.05) is 45.7 Å². The van der Waals surface area contributed by atoms with Crippen LogP contribution in [0.25, 0.3) is 21.7 Å². The fourth-order valence-corrected chi connectivity index (χ4v) is 22.8. The highest BCUT2D eigenvalue weighted by Crippen LogP contribution is 2.69. The maximum Gasteiger partial charge on any atom is 0.306 e. The van der Waals surface area contributed by atoms with Gasteiger partial charge in [-0.2, -0.15) is 0 Å². The number of esters is 1. The molecular formula is C68H94N2O14S2. The zero-order chi connectivity index (χ0) is 60.2. The van der Waals surface area contributed by atoms with Gasteiger partial charge in [0.05, 0.1) is 37.3 Å². The SMILES string of the molecule is CCOC(=O)CCc1cc2ccoc2c2c1OC1OC3(CSSC4(CCC5(CCC(CNC)C5)C4CCC4(O)CCC(Cc5cc6ccccc6cc5CO)C4)C(CCC(C)CCCC3O)NCCO2)C2(O)CC3C=CC(O)C(CO)C3C1(O)C2O. The number of rotatable bonds is 13. The van der Waals surface area contributed by atoms with Gasteiger partial charge in [-0.15, -0.1) is 0 Å². The van der Waals surface area contributed by atoms with Crippen LogP contribution in [-0.4, -0.2) is 150 Å². The summed E-state index contributed by atoms with van der Waals surface area (Å²) in [5.74, 6) is -1.88. The highest BCUT2D eigenvalue weighted by atomic mass is 33.1. The number of aryl methyl sites for hydroxylation is 1. The molecule has 10 N–H and O–H groups in total. The van der Waals surface area contributed by atoms with E-state index in [-0.39, 0.29) is 92.0 Å². The lowest BCUT2D eigenvalue weighted by molar-refractivity contribution is -0.424. The molecule has 4 saturated carbocycles. The second kappa shape index (κ2) is 25.3. The van der Waals surface area contributed by atoms with E-state index in [4.69, 9.17) is 23.4 Å². The van der Waals surface area contributed by atoms with Crippen molar-refractivity contribution < 1.29 is 69.0 Å². The fourth-order valence-electron chi connectivity index (χ4n) is 18.5. The van der Waals surface area contributed by atoms with Crippen LogP contribution in [0.5, 0.6) is 11.5 Å². The van der Waals surface area contributed by atoms with E-state index in [9.17, 15) is 45.6 Å². The minimum atomic E-state index is -2.52. The molecule has 86 heavy (non-hydrogen) atoms. The lowest BCUT2D eigenvalue weighted by Crippen LogP contribution is -2.86. The van der Waals surface area contributed by atoms with Crippen LogP contribution in [0.4, 0.5) is 0 Å². The molecule has 4 heterocycles. The Balaban J connectivity index is 0.970. The van der Waals surface area contributed by atoms with Gasteiger partial charge < -0.3 is 74.9 Å². The Morgan fingerprint density at radius 1 is 0.860 bits per heavy atom. The molecule has 3 spiro atoms. The zero-order valence-corrected chi connectivity index (χ0v) is 52.1. The summed E-state index contributed by atoms with van der Waals surface area (Å²) in [6.07, 6.45) is 11.3. The number of aliphatic hydroxyl groups is 8. The predicted molar refractivity (Wildman–Crippen MR) is 332 cm³/mol. The van der Waals surface area contributed by atoms with Gasteiger partial charge in [-0.25, -0.2) is 0 Å². The molecule has 16 nitrogen and oxygen atoms in total. The average molecular weight is 1230 g/mol. The molecule has 6 fully saturated rings. The normalized spacial score (nSPS) is 40.0. The molecule has 3 aliphatic heterocycles. The highest BCUT2D eigenvalue weighted by molar-refractivity contribution is 8.77. The Kier molecular flexibility index (Phi) is 18.5. The van der Waals surface area contributed by atoms with E-state index in [0.717, 1.165) is 99.1 Å². The molecular weight excluding hydrogens is 1130 g/mol. The van der Waals surface area contributed by atoms with E-state index in [0.29, 0.717) is 54.7 Å². The number of carbonyl (C=O) groups excluding carboxylic acids is 1. The summed E-state index contributed by atoms with van der Waals surface area (Å²) < 4.78 is 32.7. The molecule has 0 radical (unpaired) electrons. The molecule has 12 rings (SSSR count). The Morgan fingerprint density at radius 3 is 2.43 bits per heavy atom. The number of benzene rings is 3. The summed E-state index contributed by atoms with van der Waals surface area (Å²) in [6, 6.07) is 16.2. The molecule has 5 aliphatic carbocycles. The largest absolute Gasteiger partial charge is 0.485 e. The lowest BCUT2D eigenvalue weighted by atomic mass is 9.50. The van der Waals surface area contributed by atoms with Crippen molar-refractivity contribution in [1.29, 1.82) is 0 Å². The van der Waals surface area contributed by atoms with Gasteiger partial charge in [0.1, 0.15) is 23.9 Å². The maximum atomic E-state index is 13.9. The summed E-state index contributed by atoms with van der Waals surface area (Å²) in [7, 11) is 5.41. The van der Waals surface area contributed by atoms with Crippen LogP contribution in [0, 0.1) is 46.8 Å². The Labute approximate surface area is 514 Å². The third-order valence-electron chi connectivity index (χ3n) is 22.8. The number of nitrogens with one attached hydrogen (secondary N) is 2. The van der Waals surface area contributed by atoms with E-state index in [2.05, 4.69) is 47.9 Å². The molecule has 4 aromatic rings. The van der Waals surface area contributed by atoms with Gasteiger partial charge in [-0.1, -0.05) is 83.8 Å². The van der Waals surface area contributed by atoms with E-state index >= 15 is 0 Å². The van der Waals surface area contributed by atoms with E-state index < -0.39 is 82.1 Å². The van der Waals surface area contributed by atoms with E-state index in [1.54, 1.807) is 42.2 Å². The third-order valence-corrected chi connectivity index (χ3v) is 26.2. The standard InChI is InChI=1S/C68H94N2O14S2/c1-4-80-56(75)17-14-46-33-47-21-28-81-58(47)60-59(46)83-62-68(79)57-48(13-15-52(73)51(57)39-72)36-66(78,61(68)76)67(84-62)40-85-86-65(54(70-27-29-82-60)16-12-41(2)8-7-11-55(67)74)26-25-63(22-18-43(34-63)37-69-3)53(65)20-24-64(77)23-19-42(35-64)30-49-31-44-9-5-6-10-45(44)32-50(49)38-71/h5-6,9-10,13,15,21,28,31-33,41-43,48,51-55,57,61-62,69-74,76-79H,4,7-8,11-12,14,16-20,22-27,29-30,34-40H2,1-3H3. The summed E-state index contributed by atoms with van der Waals surface area (Å²) in [5.41, 5.74) is -4.80. The van der Waals surface area contributed by atoms with Gasteiger partial charge in [-0.05, 0) is 204 Å². The first kappa shape index (κ1) is 62.7. The average Bonchev–Trinajstić information content (AvgIpc) is 0.894. The van der Waals surface area contributed by atoms with Crippen molar-refractivity contribution in [3.8, 4) is 11.5 Å². The second-order valence-corrected chi connectivity index (χ2v) is 30.4. The number of allylic oxidation sites excluding steroid dienone is 1. The van der Waals surface area contributed by atoms with Gasteiger partial charge in [-0.3, -0.25) is 4.79 Å². The Morgan fingerprint density at radius 2 is 1.65 bits per heavy atom. The summed E-state index contributed by atoms with van der Waals surface area (Å²) in [5, 5.41) is 111. The second-order valence-electron chi connectivity index (χ2n) is 27.7. The van der Waals surface area contributed by atoms with Gasteiger partial charge in [0.2, 0.25) is 12.0 Å². The van der Waals surface area contributed by atoms with Crippen molar-refractivity contribution in [3.05, 3.63) is 83.6 Å². The zero-order valence-electron chi connectivity index (χ0n) is 50.5. The summed E-state index contributed by atoms with van der Waals surface area (Å²) >= 11 is 0. The van der Waals surface area contributed by atoms with Gasteiger partial charge in [0.15, 0.2) is 16.9 Å². The van der Waals surface area contributed by atoms with Crippen LogP contribution < -0.4 is 20.1 Å². The lowest BCUT2D eigenvalue weighted by Gasteiger charge is -2.67. The summed E-state index contributed by atoms with van der Waals surface area (Å²) in [6.45, 7) is 5.12. The number of hydrogen-bond donors (Lipinski definition) is 10. The topological polar surface area (TPSA) is 253 Å².